The van der Waals surface area contributed by atoms with E-state index in [1.54, 1.807) is 12.3 Å². The lowest BCUT2D eigenvalue weighted by atomic mass is 9.87. The van der Waals surface area contributed by atoms with E-state index in [0.29, 0.717) is 42.3 Å². The summed E-state index contributed by atoms with van der Waals surface area (Å²) in [6.07, 6.45) is 1.96. The summed E-state index contributed by atoms with van der Waals surface area (Å²) in [4.78, 5) is 9.13. The molecule has 3 N–H and O–H groups in total. The number of anilines is 1. The van der Waals surface area contributed by atoms with Gasteiger partial charge in [0.25, 0.3) is 14.2 Å². The van der Waals surface area contributed by atoms with Crippen LogP contribution < -0.4 is 25.7 Å². The highest BCUT2D eigenvalue weighted by molar-refractivity contribution is 6.99. The molecule has 2 aliphatic rings. The van der Waals surface area contributed by atoms with E-state index in [9.17, 15) is 0 Å². The summed E-state index contributed by atoms with van der Waals surface area (Å²) >= 11 is 0. The number of methoxy groups -OCH3 is 1. The van der Waals surface area contributed by atoms with Crippen molar-refractivity contribution in [1.29, 1.82) is 0 Å². The molecular weight excluding hydrogens is 687 g/mol. The van der Waals surface area contributed by atoms with Crippen molar-refractivity contribution >= 4 is 35.3 Å². The van der Waals surface area contributed by atoms with Crippen LogP contribution in [0, 0.1) is 11.6 Å². The van der Waals surface area contributed by atoms with Gasteiger partial charge < -0.3 is 24.8 Å². The summed E-state index contributed by atoms with van der Waals surface area (Å²) in [6.45, 7) is 7.62. The minimum absolute atomic E-state index is 0.0490. The van der Waals surface area contributed by atoms with Crippen LogP contribution in [0.5, 0.6) is 5.88 Å². The number of ether oxygens (including phenoxy) is 1. The van der Waals surface area contributed by atoms with Crippen molar-refractivity contribution in [2.75, 3.05) is 38.7 Å². The van der Waals surface area contributed by atoms with E-state index in [0.717, 1.165) is 21.3 Å². The van der Waals surface area contributed by atoms with Gasteiger partial charge in [-0.15, -0.1) is 0 Å². The molecule has 2 aliphatic heterocycles. The Morgan fingerprint density at radius 2 is 1.56 bits per heavy atom. The second-order valence-electron chi connectivity index (χ2n) is 15.1. The van der Waals surface area contributed by atoms with Crippen molar-refractivity contribution < 1.29 is 26.7 Å². The first-order valence-corrected chi connectivity index (χ1v) is 19.6. The summed E-state index contributed by atoms with van der Waals surface area (Å²) in [7, 11) is -1.79. The number of nitrogens with one attached hydrogen (secondary N) is 3. The summed E-state index contributed by atoms with van der Waals surface area (Å²) in [5, 5.41) is 8.31. The van der Waals surface area contributed by atoms with Crippen LogP contribution in [0.3, 0.4) is 0 Å². The summed E-state index contributed by atoms with van der Waals surface area (Å²) < 4.78 is 78.2. The monoisotopic (exact) mass is 731 g/mol. The number of benzene rings is 3. The maximum absolute atomic E-state index is 16.8. The van der Waals surface area contributed by atoms with Crippen LogP contribution in [0.15, 0.2) is 85.1 Å². The molecule has 7 rings (SSSR count). The molecule has 1 saturated heterocycles. The minimum Gasteiger partial charge on any atom is -0.481 e. The number of hydrogen-bond donors (Lipinski definition) is 3. The van der Waals surface area contributed by atoms with Crippen molar-refractivity contribution in [2.24, 2.45) is 0 Å². The number of fused-ring (bicyclic) bond motifs is 3. The zero-order chi connectivity index (χ0) is 36.8. The van der Waals surface area contributed by atoms with Gasteiger partial charge in [-0.2, -0.15) is 0 Å². The molecule has 0 spiro atoms. The minimum atomic E-state index is -3.40. The zero-order valence-electron chi connectivity index (χ0n) is 30.1. The summed E-state index contributed by atoms with van der Waals surface area (Å²) in [5.74, 6) is -4.65. The number of halogens is 4. The first kappa shape index (κ1) is 36.1. The van der Waals surface area contributed by atoms with E-state index in [2.05, 4.69) is 20.6 Å². The normalized spacial score (nSPS) is 18.6. The maximum atomic E-state index is 16.8. The van der Waals surface area contributed by atoms with E-state index >= 15 is 17.6 Å². The molecule has 0 unspecified atom stereocenters. The van der Waals surface area contributed by atoms with Crippen molar-refractivity contribution in [3.8, 4) is 5.88 Å². The van der Waals surface area contributed by atoms with Gasteiger partial charge in [0, 0.05) is 47.5 Å². The average Bonchev–Trinajstić information content (AvgIpc) is 3.45. The van der Waals surface area contributed by atoms with Crippen LogP contribution in [-0.2, 0) is 10.8 Å². The van der Waals surface area contributed by atoms with Crippen LogP contribution in [0.2, 0.25) is 5.04 Å². The smallest absolute Gasteiger partial charge is 0.282 e. The molecule has 0 aliphatic carbocycles. The Morgan fingerprint density at radius 3 is 2.10 bits per heavy atom. The Bertz CT molecular complexity index is 1970. The van der Waals surface area contributed by atoms with Crippen molar-refractivity contribution in [2.45, 2.75) is 63.2 Å². The van der Waals surface area contributed by atoms with Gasteiger partial charge in [0.05, 0.1) is 44.1 Å². The standard InChI is InChI=1S/C40H45F4N5O2Si/c1-25-16-31-30-19-35(50-5)46-22-34(30)48-37(31)38(36-32(41)17-26(18-33(36)42)47-27-20-45-21-27)49(25)23-40(43,44)24-51-52(39(2,3)4,28-12-8-6-9-13-28)29-14-10-7-11-15-29/h6-15,17-19,22,25,27,38,45,47-48H,16,20-21,23-24H2,1-5H3/t25-,38-/m1/s1. The van der Waals surface area contributed by atoms with Gasteiger partial charge in [-0.3, -0.25) is 4.90 Å². The van der Waals surface area contributed by atoms with Crippen LogP contribution in [-0.4, -0.2) is 74.5 Å². The number of hydrogen-bond acceptors (Lipinski definition) is 6. The van der Waals surface area contributed by atoms with E-state index in [4.69, 9.17) is 9.16 Å². The molecule has 1 fully saturated rings. The highest BCUT2D eigenvalue weighted by Gasteiger charge is 2.52. The molecule has 4 heterocycles. The van der Waals surface area contributed by atoms with E-state index in [1.807, 2.05) is 88.4 Å². The lowest BCUT2D eigenvalue weighted by Gasteiger charge is -2.45. The van der Waals surface area contributed by atoms with E-state index < -0.39 is 56.1 Å². The molecular formula is C40H45F4N5O2Si. The fourth-order valence-corrected chi connectivity index (χ4v) is 12.5. The Kier molecular flexibility index (Phi) is 9.70. The van der Waals surface area contributed by atoms with Gasteiger partial charge >= 0.3 is 0 Å². The fourth-order valence-electron chi connectivity index (χ4n) is 7.95. The average molecular weight is 732 g/mol. The number of aromatic nitrogens is 2. The van der Waals surface area contributed by atoms with Crippen LogP contribution in [0.1, 0.15) is 50.6 Å². The Morgan fingerprint density at radius 1 is 0.942 bits per heavy atom. The molecule has 52 heavy (non-hydrogen) atoms. The Balaban J connectivity index is 1.28. The molecule has 0 bridgehead atoms. The van der Waals surface area contributed by atoms with Gasteiger partial charge in [0.2, 0.25) is 5.88 Å². The molecule has 3 aromatic carbocycles. The number of pyridine rings is 1. The van der Waals surface area contributed by atoms with Gasteiger partial charge in [-0.1, -0.05) is 81.4 Å². The highest BCUT2D eigenvalue weighted by Crippen LogP contribution is 2.45. The predicted octanol–water partition coefficient (Wildman–Crippen LogP) is 6.78. The Labute approximate surface area is 302 Å². The van der Waals surface area contributed by atoms with Gasteiger partial charge in [-0.05, 0) is 46.5 Å². The van der Waals surface area contributed by atoms with Crippen LogP contribution in [0.4, 0.5) is 23.2 Å². The molecule has 2 atom stereocenters. The first-order valence-electron chi connectivity index (χ1n) is 17.7. The number of alkyl halides is 2. The quantitative estimate of drug-likeness (QED) is 0.103. The van der Waals surface area contributed by atoms with E-state index in [1.165, 1.54) is 24.1 Å². The second-order valence-corrected chi connectivity index (χ2v) is 19.4. The SMILES string of the molecule is COc1cc2c3c([nH]c2cn1)[C@@H](c1c(F)cc(NC2CNC2)cc1F)N(CC(F)(F)CO[Si](c1ccccc1)(c1ccccc1)C(C)(C)C)[C@H](C)C3. The van der Waals surface area contributed by atoms with Crippen LogP contribution in [0.25, 0.3) is 10.9 Å². The number of H-pyrrole nitrogens is 1. The molecule has 274 valence electrons. The van der Waals surface area contributed by atoms with Crippen LogP contribution >= 0.6 is 0 Å². The highest BCUT2D eigenvalue weighted by atomic mass is 28.4. The van der Waals surface area contributed by atoms with Crippen molar-refractivity contribution in [1.82, 2.24) is 20.2 Å². The number of aromatic amines is 1. The zero-order valence-corrected chi connectivity index (χ0v) is 31.1. The second kappa shape index (κ2) is 14.0. The third-order valence-electron chi connectivity index (χ3n) is 10.5. The molecule has 0 radical (unpaired) electrons. The topological polar surface area (TPSA) is 74.4 Å². The van der Waals surface area contributed by atoms with Crippen molar-refractivity contribution in [3.63, 3.8) is 0 Å². The molecule has 0 saturated carbocycles. The third-order valence-corrected chi connectivity index (χ3v) is 15.5. The summed E-state index contributed by atoms with van der Waals surface area (Å²) in [6, 6.07) is 21.9. The first-order chi connectivity index (χ1) is 24.8. The van der Waals surface area contributed by atoms with Gasteiger partial charge in [0.15, 0.2) is 0 Å². The number of rotatable bonds is 11. The lowest BCUT2D eigenvalue weighted by molar-refractivity contribution is -0.0825. The van der Waals surface area contributed by atoms with Gasteiger partial charge in [-0.25, -0.2) is 22.5 Å². The Hall–Kier alpha value is -4.23. The summed E-state index contributed by atoms with van der Waals surface area (Å²) in [5.41, 5.74) is 1.88. The lowest BCUT2D eigenvalue weighted by Crippen LogP contribution is -2.67. The molecule has 5 aromatic rings. The fraction of sp³-hybridized carbons (Fsp3) is 0.375. The molecule has 12 heteroatoms. The predicted molar refractivity (Wildman–Crippen MR) is 200 cm³/mol. The molecule has 0 amide bonds. The molecule has 7 nitrogen and oxygen atoms in total. The largest absolute Gasteiger partial charge is 0.481 e. The number of nitrogens with zero attached hydrogens (tertiary/aromatic N) is 2. The maximum Gasteiger partial charge on any atom is 0.282 e. The molecule has 2 aromatic heterocycles. The van der Waals surface area contributed by atoms with E-state index in [-0.39, 0.29) is 11.6 Å². The third kappa shape index (κ3) is 6.61. The van der Waals surface area contributed by atoms with Crippen molar-refractivity contribution in [3.05, 3.63) is 114 Å². The van der Waals surface area contributed by atoms with Gasteiger partial charge in [0.1, 0.15) is 11.6 Å².